The van der Waals surface area contributed by atoms with Crippen LogP contribution in [0.5, 0.6) is 0 Å². The predicted octanol–water partition coefficient (Wildman–Crippen LogP) is 1.38. The number of halogens is 2. The van der Waals surface area contributed by atoms with Gasteiger partial charge in [0.1, 0.15) is 15.5 Å². The Balaban J connectivity index is 3.09. The molecule has 0 fully saturated rings. The Kier molecular flexibility index (Phi) is 2.59. The lowest BCUT2D eigenvalue weighted by atomic mass is 10.5. The van der Waals surface area contributed by atoms with Crippen molar-refractivity contribution in [2.24, 2.45) is 0 Å². The zero-order chi connectivity index (χ0) is 7.56. The second-order valence-corrected chi connectivity index (χ2v) is 2.73. The molecule has 1 rings (SSSR count). The molecule has 0 bridgehead atoms. The van der Waals surface area contributed by atoms with Gasteiger partial charge < -0.3 is 5.11 Å². The van der Waals surface area contributed by atoms with Crippen molar-refractivity contribution >= 4 is 27.5 Å². The van der Waals surface area contributed by atoms with Gasteiger partial charge in [-0.3, -0.25) is 0 Å². The van der Waals surface area contributed by atoms with Gasteiger partial charge in [-0.05, 0) is 15.9 Å². The molecule has 0 atom stereocenters. The minimum Gasteiger partial charge on any atom is -0.390 e. The van der Waals surface area contributed by atoms with E-state index in [4.69, 9.17) is 16.7 Å². The molecule has 0 aliphatic heterocycles. The fourth-order valence-corrected chi connectivity index (χ4v) is 0.956. The van der Waals surface area contributed by atoms with Gasteiger partial charge in [0.25, 0.3) is 0 Å². The Labute approximate surface area is 71.2 Å². The van der Waals surface area contributed by atoms with E-state index in [9.17, 15) is 0 Å². The molecule has 54 valence electrons. The van der Waals surface area contributed by atoms with Crippen molar-refractivity contribution < 1.29 is 5.11 Å². The molecule has 0 saturated carbocycles. The smallest absolute Gasteiger partial charge is 0.147 e. The second-order valence-electron chi connectivity index (χ2n) is 1.59. The van der Waals surface area contributed by atoms with Gasteiger partial charge in [0.05, 0.1) is 12.8 Å². The van der Waals surface area contributed by atoms with Crippen LogP contribution >= 0.6 is 27.5 Å². The molecule has 1 aromatic heterocycles. The lowest BCUT2D eigenvalue weighted by Crippen LogP contribution is -1.93. The molecule has 0 saturated heterocycles. The molecule has 0 spiro atoms. The maximum Gasteiger partial charge on any atom is 0.147 e. The maximum absolute atomic E-state index is 8.65. The Morgan fingerprint density at radius 2 is 2.40 bits per heavy atom. The van der Waals surface area contributed by atoms with Gasteiger partial charge in [-0.25, -0.2) is 9.97 Å². The number of nitrogens with zero attached hydrogens (tertiary/aromatic N) is 2. The number of hydrogen-bond acceptors (Lipinski definition) is 3. The van der Waals surface area contributed by atoms with Crippen molar-refractivity contribution in [3.05, 3.63) is 21.6 Å². The molecule has 0 radical (unpaired) electrons. The van der Waals surface area contributed by atoms with Crippen molar-refractivity contribution in [3.8, 4) is 0 Å². The van der Waals surface area contributed by atoms with Gasteiger partial charge >= 0.3 is 0 Å². The first-order chi connectivity index (χ1) is 4.74. The molecule has 0 unspecified atom stereocenters. The van der Waals surface area contributed by atoms with Crippen molar-refractivity contribution in [2.75, 3.05) is 0 Å². The summed E-state index contributed by atoms with van der Waals surface area (Å²) in [5.74, 6) is 0. The standard InChI is InChI=1S/C5H4BrClN2O/c6-5-3(2-10)9-4(7)1-8-5/h1,10H,2H2. The Morgan fingerprint density at radius 3 is 2.90 bits per heavy atom. The van der Waals surface area contributed by atoms with Gasteiger partial charge in [-0.1, -0.05) is 11.6 Å². The third kappa shape index (κ3) is 1.65. The summed E-state index contributed by atoms with van der Waals surface area (Å²) in [6, 6.07) is 0. The monoisotopic (exact) mass is 222 g/mol. The zero-order valence-electron chi connectivity index (χ0n) is 4.88. The number of hydrogen-bond donors (Lipinski definition) is 1. The van der Waals surface area contributed by atoms with E-state index in [2.05, 4.69) is 25.9 Å². The largest absolute Gasteiger partial charge is 0.390 e. The van der Waals surface area contributed by atoms with Gasteiger partial charge in [0.15, 0.2) is 0 Å². The highest BCUT2D eigenvalue weighted by molar-refractivity contribution is 9.10. The van der Waals surface area contributed by atoms with Crippen molar-refractivity contribution in [3.63, 3.8) is 0 Å². The number of rotatable bonds is 1. The number of aromatic nitrogens is 2. The highest BCUT2D eigenvalue weighted by atomic mass is 79.9. The van der Waals surface area contributed by atoms with Crippen LogP contribution in [0.2, 0.25) is 5.15 Å². The van der Waals surface area contributed by atoms with E-state index in [0.717, 1.165) is 0 Å². The molecule has 10 heavy (non-hydrogen) atoms. The Morgan fingerprint density at radius 1 is 1.70 bits per heavy atom. The molecular formula is C5H4BrClN2O. The van der Waals surface area contributed by atoms with Crippen LogP contribution in [-0.2, 0) is 6.61 Å². The van der Waals surface area contributed by atoms with E-state index in [0.29, 0.717) is 10.3 Å². The van der Waals surface area contributed by atoms with E-state index in [1.165, 1.54) is 6.20 Å². The highest BCUT2D eigenvalue weighted by Gasteiger charge is 2.00. The van der Waals surface area contributed by atoms with Crippen molar-refractivity contribution in [1.82, 2.24) is 9.97 Å². The first-order valence-electron chi connectivity index (χ1n) is 2.52. The Bertz CT molecular complexity index is 243. The van der Waals surface area contributed by atoms with Gasteiger partial charge in [0.2, 0.25) is 0 Å². The summed E-state index contributed by atoms with van der Waals surface area (Å²) < 4.78 is 0.527. The van der Waals surface area contributed by atoms with Gasteiger partial charge in [0, 0.05) is 0 Å². The molecule has 0 aromatic carbocycles. The predicted molar refractivity (Wildman–Crippen MR) is 40.7 cm³/mol. The topological polar surface area (TPSA) is 46.0 Å². The minimum absolute atomic E-state index is 0.159. The van der Waals surface area contributed by atoms with Crippen LogP contribution in [0.4, 0.5) is 0 Å². The van der Waals surface area contributed by atoms with Crippen LogP contribution in [0.25, 0.3) is 0 Å². The molecule has 5 heteroatoms. The molecule has 1 heterocycles. The highest BCUT2D eigenvalue weighted by Crippen LogP contribution is 2.13. The number of aliphatic hydroxyl groups excluding tert-OH is 1. The molecule has 0 aliphatic carbocycles. The summed E-state index contributed by atoms with van der Waals surface area (Å²) in [4.78, 5) is 7.61. The van der Waals surface area contributed by atoms with Crippen LogP contribution in [0.15, 0.2) is 10.8 Å². The molecule has 1 N–H and O–H groups in total. The minimum atomic E-state index is -0.159. The summed E-state index contributed by atoms with van der Waals surface area (Å²) in [5.41, 5.74) is 0.451. The first-order valence-corrected chi connectivity index (χ1v) is 3.69. The average molecular weight is 223 g/mol. The summed E-state index contributed by atoms with van der Waals surface area (Å²) in [7, 11) is 0. The molecular weight excluding hydrogens is 219 g/mol. The molecule has 3 nitrogen and oxygen atoms in total. The van der Waals surface area contributed by atoms with Crippen LogP contribution in [0.1, 0.15) is 5.69 Å². The number of aliphatic hydroxyl groups is 1. The Hall–Kier alpha value is -0.190. The average Bonchev–Trinajstić information content (AvgIpc) is 1.94. The maximum atomic E-state index is 8.65. The van der Waals surface area contributed by atoms with E-state index < -0.39 is 0 Å². The summed E-state index contributed by atoms with van der Waals surface area (Å²) in [5, 5.41) is 8.94. The summed E-state index contributed by atoms with van der Waals surface area (Å²) in [6.45, 7) is -0.159. The van der Waals surface area contributed by atoms with Crippen LogP contribution < -0.4 is 0 Å². The first kappa shape index (κ1) is 7.91. The summed E-state index contributed by atoms with van der Waals surface area (Å²) >= 11 is 8.59. The van der Waals surface area contributed by atoms with Crippen molar-refractivity contribution in [1.29, 1.82) is 0 Å². The van der Waals surface area contributed by atoms with Crippen LogP contribution in [0.3, 0.4) is 0 Å². The van der Waals surface area contributed by atoms with Gasteiger partial charge in [-0.2, -0.15) is 0 Å². The van der Waals surface area contributed by atoms with E-state index >= 15 is 0 Å². The fourth-order valence-electron chi connectivity index (χ4n) is 0.489. The normalized spacial score (nSPS) is 9.90. The fraction of sp³-hybridized carbons (Fsp3) is 0.200. The SMILES string of the molecule is OCc1nc(Cl)cnc1Br. The zero-order valence-corrected chi connectivity index (χ0v) is 7.22. The van der Waals surface area contributed by atoms with E-state index in [-0.39, 0.29) is 11.8 Å². The van der Waals surface area contributed by atoms with Gasteiger partial charge in [-0.15, -0.1) is 0 Å². The molecule has 0 amide bonds. The van der Waals surface area contributed by atoms with Crippen LogP contribution in [-0.4, -0.2) is 15.1 Å². The second kappa shape index (κ2) is 3.27. The van der Waals surface area contributed by atoms with E-state index in [1.807, 2.05) is 0 Å². The third-order valence-electron chi connectivity index (χ3n) is 0.914. The van der Waals surface area contributed by atoms with E-state index in [1.54, 1.807) is 0 Å². The lowest BCUT2D eigenvalue weighted by Gasteiger charge is -1.96. The van der Waals surface area contributed by atoms with Crippen LogP contribution in [0, 0.1) is 0 Å². The lowest BCUT2D eigenvalue weighted by molar-refractivity contribution is 0.275. The van der Waals surface area contributed by atoms with Crippen molar-refractivity contribution in [2.45, 2.75) is 6.61 Å². The quantitative estimate of drug-likeness (QED) is 0.782. The molecule has 1 aromatic rings. The summed E-state index contributed by atoms with van der Waals surface area (Å²) in [6.07, 6.45) is 1.41. The third-order valence-corrected chi connectivity index (χ3v) is 1.76. The molecule has 0 aliphatic rings.